The molecule has 0 radical (unpaired) electrons. The summed E-state index contributed by atoms with van der Waals surface area (Å²) >= 11 is 0. The van der Waals surface area contributed by atoms with Gasteiger partial charge in [0.1, 0.15) is 0 Å². The molecule has 5 nitrogen and oxygen atoms in total. The summed E-state index contributed by atoms with van der Waals surface area (Å²) in [6.45, 7) is 2.21. The van der Waals surface area contributed by atoms with E-state index in [0.717, 1.165) is 37.7 Å². The molecule has 2 aliphatic heterocycles. The van der Waals surface area contributed by atoms with E-state index in [9.17, 15) is 0 Å². The Labute approximate surface area is 144 Å². The normalized spacial score (nSPS) is 30.5. The number of unbranched alkanes of at least 4 members (excludes halogenated alkanes) is 4. The second-order valence-electron chi connectivity index (χ2n) is 6.56. The lowest BCUT2D eigenvalue weighted by Gasteiger charge is -2.41. The lowest BCUT2D eigenvalue weighted by Crippen LogP contribution is -2.45. The fourth-order valence-corrected chi connectivity index (χ4v) is 3.20. The molecule has 3 rings (SSSR count). The minimum absolute atomic E-state index is 0.426. The summed E-state index contributed by atoms with van der Waals surface area (Å²) in [6, 6.07) is 9.91. The van der Waals surface area contributed by atoms with Crippen LogP contribution in [0.5, 0.6) is 0 Å². The van der Waals surface area contributed by atoms with Gasteiger partial charge in [-0.1, -0.05) is 62.9 Å². The van der Waals surface area contributed by atoms with E-state index in [-0.39, 0.29) is 0 Å². The van der Waals surface area contributed by atoms with Crippen LogP contribution in [0.25, 0.3) is 0 Å². The fourth-order valence-electron chi connectivity index (χ4n) is 3.20. The van der Waals surface area contributed by atoms with E-state index in [1.165, 1.54) is 25.7 Å². The van der Waals surface area contributed by atoms with Gasteiger partial charge in [-0.05, 0) is 12.8 Å². The molecular weight excluding hydrogens is 308 g/mol. The summed E-state index contributed by atoms with van der Waals surface area (Å²) in [5, 5.41) is 0. The van der Waals surface area contributed by atoms with Gasteiger partial charge in [0.05, 0.1) is 0 Å². The number of hydrogen-bond acceptors (Lipinski definition) is 5. The highest BCUT2D eigenvalue weighted by Gasteiger charge is 2.44. The molecule has 2 saturated heterocycles. The van der Waals surface area contributed by atoms with E-state index in [0.29, 0.717) is 0 Å². The third-order valence-corrected chi connectivity index (χ3v) is 4.58. The molecule has 0 spiro atoms. The molecule has 5 heteroatoms. The summed E-state index contributed by atoms with van der Waals surface area (Å²) in [5.74, 6) is -0.908. The molecule has 0 aliphatic carbocycles. The maximum absolute atomic E-state index is 6.01. The van der Waals surface area contributed by atoms with Crippen molar-refractivity contribution in [1.82, 2.24) is 0 Å². The molecule has 2 heterocycles. The Morgan fingerprint density at radius 2 is 1.83 bits per heavy atom. The van der Waals surface area contributed by atoms with Crippen molar-refractivity contribution in [2.24, 2.45) is 0 Å². The third-order valence-electron chi connectivity index (χ3n) is 4.58. The van der Waals surface area contributed by atoms with Gasteiger partial charge >= 0.3 is 0 Å². The zero-order chi connectivity index (χ0) is 16.7. The van der Waals surface area contributed by atoms with E-state index >= 15 is 0 Å². The summed E-state index contributed by atoms with van der Waals surface area (Å²) in [5.41, 5.74) is 0.946. The lowest BCUT2D eigenvalue weighted by molar-refractivity contribution is -0.589. The van der Waals surface area contributed by atoms with Gasteiger partial charge < -0.3 is 4.74 Å². The van der Waals surface area contributed by atoms with Crippen molar-refractivity contribution in [2.45, 2.75) is 83.1 Å². The first-order chi connectivity index (χ1) is 11.8. The molecule has 0 N–H and O–H groups in total. The average molecular weight is 336 g/mol. The number of ether oxygens (including phenoxy) is 1. The topological polar surface area (TPSA) is 46.2 Å². The monoisotopic (exact) mass is 336 g/mol. The van der Waals surface area contributed by atoms with Gasteiger partial charge in [0.25, 0.3) is 0 Å². The minimum Gasteiger partial charge on any atom is -0.311 e. The highest BCUT2D eigenvalue weighted by Crippen LogP contribution is 2.41. The van der Waals surface area contributed by atoms with Crippen molar-refractivity contribution in [1.29, 1.82) is 0 Å². The Balaban J connectivity index is 1.60. The van der Waals surface area contributed by atoms with E-state index in [1.807, 2.05) is 30.3 Å². The number of hydrogen-bond donors (Lipinski definition) is 0. The highest BCUT2D eigenvalue weighted by atomic mass is 17.3. The molecule has 3 atom stereocenters. The SMILES string of the molecule is CCCCCCC[C@@H]1OO[C@H]2CCC[C@@](c3ccccc3)(OO1)O2. The average Bonchev–Trinajstić information content (AvgIpc) is 2.63. The number of benzene rings is 1. The van der Waals surface area contributed by atoms with Crippen molar-refractivity contribution in [3.05, 3.63) is 35.9 Å². The summed E-state index contributed by atoms with van der Waals surface area (Å²) < 4.78 is 6.01. The van der Waals surface area contributed by atoms with Gasteiger partial charge in [0.15, 0.2) is 6.29 Å². The first-order valence-corrected chi connectivity index (χ1v) is 9.22. The van der Waals surface area contributed by atoms with Crippen LogP contribution in [0.2, 0.25) is 0 Å². The summed E-state index contributed by atoms with van der Waals surface area (Å²) in [4.78, 5) is 22.2. The molecule has 1 aromatic rings. The highest BCUT2D eigenvalue weighted by molar-refractivity contribution is 5.20. The molecule has 134 valence electrons. The largest absolute Gasteiger partial charge is 0.311 e. The van der Waals surface area contributed by atoms with Crippen molar-refractivity contribution in [2.75, 3.05) is 0 Å². The molecular formula is C19H28O5. The second kappa shape index (κ2) is 8.92. The zero-order valence-electron chi connectivity index (χ0n) is 14.4. The van der Waals surface area contributed by atoms with Gasteiger partial charge in [-0.3, -0.25) is 0 Å². The lowest BCUT2D eigenvalue weighted by atomic mass is 9.97. The Morgan fingerprint density at radius 1 is 1.00 bits per heavy atom. The number of fused-ring (bicyclic) bond motifs is 2. The van der Waals surface area contributed by atoms with Crippen LogP contribution in [0.1, 0.15) is 70.3 Å². The van der Waals surface area contributed by atoms with Crippen LogP contribution < -0.4 is 0 Å². The number of rotatable bonds is 7. The molecule has 0 aromatic heterocycles. The molecule has 2 aliphatic rings. The Bertz CT molecular complexity index is 480. The maximum Gasteiger partial charge on any atom is 0.230 e. The van der Waals surface area contributed by atoms with Crippen molar-refractivity contribution in [3.8, 4) is 0 Å². The standard InChI is InChI=1S/C19H28O5/c1-2-3-4-5-9-13-18-22-21-17-14-10-15-19(20-17,24-23-18)16-11-7-6-8-12-16/h6-8,11-12,17-18H,2-5,9-10,13-15H2,1H3/t17-,18+,19-/m0/s1. The third kappa shape index (κ3) is 4.55. The van der Waals surface area contributed by atoms with Crippen LogP contribution in [0.15, 0.2) is 30.3 Å². The van der Waals surface area contributed by atoms with E-state index in [1.54, 1.807) is 0 Å². The van der Waals surface area contributed by atoms with Crippen LogP contribution in [0.3, 0.4) is 0 Å². The van der Waals surface area contributed by atoms with E-state index in [4.69, 9.17) is 24.3 Å². The molecule has 0 unspecified atom stereocenters. The van der Waals surface area contributed by atoms with Crippen LogP contribution in [-0.4, -0.2) is 12.6 Å². The molecule has 24 heavy (non-hydrogen) atoms. The van der Waals surface area contributed by atoms with Gasteiger partial charge in [0, 0.05) is 24.8 Å². The van der Waals surface area contributed by atoms with Crippen LogP contribution in [0.4, 0.5) is 0 Å². The molecule has 2 fully saturated rings. The van der Waals surface area contributed by atoms with Crippen molar-refractivity contribution < 1.29 is 24.3 Å². The van der Waals surface area contributed by atoms with Crippen LogP contribution in [-0.2, 0) is 30.1 Å². The van der Waals surface area contributed by atoms with Gasteiger partial charge in [-0.2, -0.15) is 14.7 Å². The second-order valence-corrected chi connectivity index (χ2v) is 6.56. The maximum atomic E-state index is 6.01. The quantitative estimate of drug-likeness (QED) is 0.520. The first-order valence-electron chi connectivity index (χ1n) is 9.22. The molecule has 0 saturated carbocycles. The zero-order valence-corrected chi connectivity index (χ0v) is 14.4. The van der Waals surface area contributed by atoms with Gasteiger partial charge in [-0.25, -0.2) is 4.89 Å². The fraction of sp³-hybridized carbons (Fsp3) is 0.684. The molecule has 2 bridgehead atoms. The van der Waals surface area contributed by atoms with E-state index < -0.39 is 18.4 Å². The van der Waals surface area contributed by atoms with Crippen LogP contribution in [0, 0.1) is 0 Å². The Morgan fingerprint density at radius 3 is 2.67 bits per heavy atom. The van der Waals surface area contributed by atoms with Gasteiger partial charge in [-0.15, -0.1) is 0 Å². The molecule has 0 amide bonds. The molecule has 1 aromatic carbocycles. The first kappa shape index (κ1) is 17.8. The predicted molar refractivity (Wildman–Crippen MR) is 88.3 cm³/mol. The van der Waals surface area contributed by atoms with Crippen molar-refractivity contribution in [3.63, 3.8) is 0 Å². The van der Waals surface area contributed by atoms with Crippen molar-refractivity contribution >= 4 is 0 Å². The predicted octanol–water partition coefficient (Wildman–Crippen LogP) is 4.96. The van der Waals surface area contributed by atoms with Crippen LogP contribution >= 0.6 is 0 Å². The summed E-state index contributed by atoms with van der Waals surface area (Å²) in [6.07, 6.45) is 8.21. The van der Waals surface area contributed by atoms with E-state index in [2.05, 4.69) is 6.92 Å². The van der Waals surface area contributed by atoms with Gasteiger partial charge in [0.2, 0.25) is 12.1 Å². The Kier molecular flexibility index (Phi) is 6.63. The Hall–Kier alpha value is -0.980. The summed E-state index contributed by atoms with van der Waals surface area (Å²) in [7, 11) is 0. The smallest absolute Gasteiger partial charge is 0.230 e. The minimum atomic E-state index is -0.908.